The molecule has 8 unspecified atom stereocenters. The number of nitrogens with zero attached hydrogens (tertiary/aromatic N) is 4. The molecular weight excluding hydrogens is 979 g/mol. The van der Waals surface area contributed by atoms with Crippen LogP contribution >= 0.6 is 35.2 Å². The van der Waals surface area contributed by atoms with Gasteiger partial charge in [0, 0.05) is 37.1 Å². The summed E-state index contributed by atoms with van der Waals surface area (Å²) in [7, 11) is -16.4. The second-order valence-electron chi connectivity index (χ2n) is 16.5. The van der Waals surface area contributed by atoms with Gasteiger partial charge in [0.05, 0.1) is 25.6 Å². The van der Waals surface area contributed by atoms with Gasteiger partial charge in [-0.2, -0.15) is 4.31 Å². The number of carbonyl (C=O) groups excluding carboxylic acids is 3. The summed E-state index contributed by atoms with van der Waals surface area (Å²) in [4.78, 5) is 88.4. The van der Waals surface area contributed by atoms with Crippen LogP contribution in [-0.4, -0.2) is 134 Å². The van der Waals surface area contributed by atoms with Crippen LogP contribution in [0.15, 0.2) is 37.0 Å². The van der Waals surface area contributed by atoms with Crippen LogP contribution in [0.4, 0.5) is 5.82 Å². The number of phosphoric acid groups is 3. The zero-order chi connectivity index (χ0) is 50.5. The molecule has 2 aromatic rings. The van der Waals surface area contributed by atoms with Crippen LogP contribution in [0.1, 0.15) is 104 Å². The van der Waals surface area contributed by atoms with E-state index >= 15 is 0 Å². The summed E-state index contributed by atoms with van der Waals surface area (Å²) >= 11 is 0.986. The third kappa shape index (κ3) is 21.6. The molecule has 11 N–H and O–H groups in total. The normalized spacial score (nSPS) is 20.7. The summed E-state index contributed by atoms with van der Waals surface area (Å²) < 4.78 is 62.4. The maximum atomic E-state index is 12.7. The first-order valence-corrected chi connectivity index (χ1v) is 27.5. The minimum Gasteiger partial charge on any atom is -0.393 e. The van der Waals surface area contributed by atoms with Crippen molar-refractivity contribution in [3.8, 4) is 0 Å². The number of anilines is 1. The SMILES string of the molecule is CCCCC/C=C/C/C=C/CCCCCC(O)CC(=O)SCCNC(=O)CCNC(=O)C(O)C(C)(C)COP(=O)(O)OP(=O)(O)OCC1OC(n2cnc3c(N)ncnc32)C(O)C1OP(=O)(O)O. The Hall–Kier alpha value is -3.00. The molecule has 68 heavy (non-hydrogen) atoms. The van der Waals surface area contributed by atoms with E-state index in [-0.39, 0.29) is 53.8 Å². The number of phosphoric ester groups is 3. The Labute approximate surface area is 398 Å². The van der Waals surface area contributed by atoms with Crippen molar-refractivity contribution < 1.29 is 85.6 Å². The molecule has 29 heteroatoms. The van der Waals surface area contributed by atoms with Gasteiger partial charge in [-0.15, -0.1) is 0 Å². The number of hydrogen-bond donors (Lipinski definition) is 10. The number of aliphatic hydroxyl groups excluding tert-OH is 3. The van der Waals surface area contributed by atoms with Crippen LogP contribution in [0, 0.1) is 5.41 Å². The quantitative estimate of drug-likeness (QED) is 0.0278. The number of unbranched alkanes of at least 4 members (excludes halogenated alkanes) is 6. The predicted octanol–water partition coefficient (Wildman–Crippen LogP) is 3.45. The number of ether oxygens (including phenoxy) is 1. The average Bonchev–Trinajstić information content (AvgIpc) is 3.82. The number of nitrogens with two attached hydrogens (primary N) is 1. The van der Waals surface area contributed by atoms with Gasteiger partial charge in [0.25, 0.3) is 0 Å². The van der Waals surface area contributed by atoms with Crippen LogP contribution in [0.2, 0.25) is 0 Å². The average molecular weight is 1050 g/mol. The van der Waals surface area contributed by atoms with E-state index in [0.717, 1.165) is 67.5 Å². The number of thioether (sulfide) groups is 1. The highest BCUT2D eigenvalue weighted by Crippen LogP contribution is 2.61. The second kappa shape index (κ2) is 28.7. The molecule has 8 atom stereocenters. The fraction of sp³-hybridized carbons (Fsp3) is 0.692. The zero-order valence-corrected chi connectivity index (χ0v) is 41.7. The first kappa shape index (κ1) is 59.3. The smallest absolute Gasteiger partial charge is 0.393 e. The van der Waals surface area contributed by atoms with Crippen LogP contribution in [0.5, 0.6) is 0 Å². The standard InChI is InChI=1S/C39H66N7O18P3S/c1-4-5-6-7-8-9-10-11-12-13-14-15-16-17-27(47)22-30(49)68-21-20-41-29(48)18-19-42-37(52)34(51)39(2,3)24-61-67(58,59)64-66(56,57)60-23-28-33(63-65(53,54)55)32(50)38(62-28)46-26-45-31-35(40)43-25-44-36(31)46/h8-9,11-12,25-28,32-34,38,47,50-51H,4-7,10,13-24H2,1-3H3,(H,41,48)(H,42,52)(H,56,57)(H,58,59)(H2,40,43,44)(H2,53,54,55)/b9-8+,12-11+. The van der Waals surface area contributed by atoms with Gasteiger partial charge < -0.3 is 56.0 Å². The molecule has 2 aromatic heterocycles. The minimum atomic E-state index is -5.59. The van der Waals surface area contributed by atoms with Gasteiger partial charge in [0.15, 0.2) is 22.8 Å². The molecule has 2 amide bonds. The highest BCUT2D eigenvalue weighted by Gasteiger charge is 2.50. The van der Waals surface area contributed by atoms with Crippen molar-refractivity contribution in [2.45, 2.75) is 135 Å². The first-order chi connectivity index (χ1) is 31.9. The third-order valence-corrected chi connectivity index (χ3v) is 14.2. The number of allylic oxidation sites excluding steroid dienone is 4. The molecule has 0 radical (unpaired) electrons. The van der Waals surface area contributed by atoms with Crippen molar-refractivity contribution in [2.75, 3.05) is 37.8 Å². The van der Waals surface area contributed by atoms with E-state index in [4.69, 9.17) is 19.5 Å². The molecule has 3 heterocycles. The maximum Gasteiger partial charge on any atom is 0.481 e. The van der Waals surface area contributed by atoms with E-state index < -0.39 is 90.7 Å². The molecule has 3 rings (SSSR count). The highest BCUT2D eigenvalue weighted by molar-refractivity contribution is 8.13. The molecule has 0 spiro atoms. The fourth-order valence-electron chi connectivity index (χ4n) is 6.49. The van der Waals surface area contributed by atoms with Crippen LogP contribution in [0.25, 0.3) is 11.2 Å². The first-order valence-electron chi connectivity index (χ1n) is 22.0. The van der Waals surface area contributed by atoms with Crippen molar-refractivity contribution in [3.05, 3.63) is 37.0 Å². The van der Waals surface area contributed by atoms with E-state index in [0.29, 0.717) is 6.42 Å². The van der Waals surface area contributed by atoms with Crippen molar-refractivity contribution >= 4 is 69.1 Å². The number of carbonyl (C=O) groups is 3. The van der Waals surface area contributed by atoms with E-state index in [2.05, 4.69) is 65.6 Å². The van der Waals surface area contributed by atoms with Gasteiger partial charge in [-0.25, -0.2) is 28.6 Å². The summed E-state index contributed by atoms with van der Waals surface area (Å²) in [6.07, 6.45) is 11.1. The zero-order valence-electron chi connectivity index (χ0n) is 38.2. The number of nitrogens with one attached hydrogen (secondary N) is 2. The number of hydrogen-bond acceptors (Lipinski definition) is 19. The topological polar surface area (TPSA) is 384 Å². The van der Waals surface area contributed by atoms with Crippen LogP contribution in [-0.2, 0) is 50.7 Å². The number of nitrogen functional groups attached to an aromatic ring is 1. The second-order valence-corrected chi connectivity index (χ2v) is 21.8. The number of imidazole rings is 1. The summed E-state index contributed by atoms with van der Waals surface area (Å²) in [5, 5.41) is 36.6. The summed E-state index contributed by atoms with van der Waals surface area (Å²) in [6, 6.07) is 0. The van der Waals surface area contributed by atoms with Gasteiger partial charge in [-0.3, -0.25) is 32.5 Å². The number of fused-ring (bicyclic) bond motifs is 1. The number of aliphatic hydroxyl groups is 3. The Bertz CT molecular complexity index is 2130. The fourth-order valence-corrected chi connectivity index (χ4v) is 10.1. The van der Waals surface area contributed by atoms with Gasteiger partial charge >= 0.3 is 23.5 Å². The molecule has 0 aromatic carbocycles. The Morgan fingerprint density at radius 2 is 1.62 bits per heavy atom. The van der Waals surface area contributed by atoms with Crippen molar-refractivity contribution in [1.82, 2.24) is 30.2 Å². The predicted molar refractivity (Wildman–Crippen MR) is 248 cm³/mol. The summed E-state index contributed by atoms with van der Waals surface area (Å²) in [6.45, 7) is 2.57. The molecule has 0 bridgehead atoms. The largest absolute Gasteiger partial charge is 0.481 e. The Morgan fingerprint density at radius 1 is 0.941 bits per heavy atom. The van der Waals surface area contributed by atoms with E-state index in [9.17, 15) is 63.0 Å². The lowest BCUT2D eigenvalue weighted by Crippen LogP contribution is -2.46. The van der Waals surface area contributed by atoms with Gasteiger partial charge in [0.1, 0.15) is 36.3 Å². The molecule has 25 nitrogen and oxygen atoms in total. The molecule has 0 aliphatic carbocycles. The van der Waals surface area contributed by atoms with E-state index in [1.165, 1.54) is 33.1 Å². The molecule has 1 aliphatic heterocycles. The number of aromatic nitrogens is 4. The van der Waals surface area contributed by atoms with Crippen molar-refractivity contribution in [3.63, 3.8) is 0 Å². The Balaban J connectivity index is 1.32. The lowest BCUT2D eigenvalue weighted by atomic mass is 9.87. The number of rotatable bonds is 33. The Morgan fingerprint density at radius 3 is 2.29 bits per heavy atom. The van der Waals surface area contributed by atoms with Gasteiger partial charge in [-0.05, 0) is 38.5 Å². The summed E-state index contributed by atoms with van der Waals surface area (Å²) in [5.74, 6) is -1.24. The van der Waals surface area contributed by atoms with Gasteiger partial charge in [-0.1, -0.05) is 82.5 Å². The Kier molecular flexibility index (Phi) is 25.1. The van der Waals surface area contributed by atoms with E-state index in [1.807, 2.05) is 0 Å². The maximum absolute atomic E-state index is 12.7. The highest BCUT2D eigenvalue weighted by atomic mass is 32.2. The van der Waals surface area contributed by atoms with Crippen LogP contribution < -0.4 is 16.4 Å². The molecule has 1 saturated heterocycles. The molecule has 1 fully saturated rings. The van der Waals surface area contributed by atoms with Gasteiger partial charge in [0.2, 0.25) is 11.8 Å². The van der Waals surface area contributed by atoms with Crippen molar-refractivity contribution in [1.29, 1.82) is 0 Å². The monoisotopic (exact) mass is 1050 g/mol. The lowest BCUT2D eigenvalue weighted by molar-refractivity contribution is -0.137. The van der Waals surface area contributed by atoms with Crippen molar-refractivity contribution in [2.24, 2.45) is 5.41 Å². The summed E-state index contributed by atoms with van der Waals surface area (Å²) in [5.41, 5.74) is 4.25. The molecule has 0 saturated carbocycles. The number of amides is 2. The molecular formula is C39H66N7O18P3S. The molecule has 386 valence electrons. The third-order valence-electron chi connectivity index (χ3n) is 10.2. The van der Waals surface area contributed by atoms with E-state index in [1.54, 1.807) is 0 Å². The molecule has 1 aliphatic rings. The minimum absolute atomic E-state index is 0.00495. The van der Waals surface area contributed by atoms with Crippen LogP contribution in [0.3, 0.4) is 0 Å². The lowest BCUT2D eigenvalue weighted by Gasteiger charge is -2.30.